The van der Waals surface area contributed by atoms with E-state index in [1.807, 2.05) is 0 Å². The second-order valence-corrected chi connectivity index (χ2v) is 6.95. The van der Waals surface area contributed by atoms with Crippen molar-refractivity contribution in [2.24, 2.45) is 0 Å². The van der Waals surface area contributed by atoms with Crippen molar-refractivity contribution in [3.63, 3.8) is 0 Å². The van der Waals surface area contributed by atoms with Crippen LogP contribution in [0.25, 0.3) is 0 Å². The Morgan fingerprint density at radius 1 is 1.41 bits per heavy atom. The van der Waals surface area contributed by atoms with E-state index in [0.29, 0.717) is 27.6 Å². The van der Waals surface area contributed by atoms with Crippen LogP contribution in [-0.2, 0) is 14.3 Å². The summed E-state index contributed by atoms with van der Waals surface area (Å²) >= 11 is 1.16. The highest BCUT2D eigenvalue weighted by Gasteiger charge is 2.30. The minimum atomic E-state index is -0.607. The van der Waals surface area contributed by atoms with Gasteiger partial charge in [0.15, 0.2) is 6.61 Å². The lowest BCUT2D eigenvalue weighted by atomic mass is 10.1. The third-order valence-electron chi connectivity index (χ3n) is 4.25. The summed E-state index contributed by atoms with van der Waals surface area (Å²) in [6.45, 7) is 3.07. The number of benzene rings is 1. The molecule has 0 saturated heterocycles. The molecule has 2 amide bonds. The van der Waals surface area contributed by atoms with Gasteiger partial charge in [-0.05, 0) is 37.5 Å². The molecule has 1 aromatic heterocycles. The van der Waals surface area contributed by atoms with Gasteiger partial charge in [-0.1, -0.05) is 12.1 Å². The average molecular weight is 388 g/mol. The molecule has 3 rings (SSSR count). The number of hydrogen-bond acceptors (Lipinski definition) is 7. The fourth-order valence-corrected chi connectivity index (χ4v) is 3.75. The SMILES string of the molecule is CNc1snc(C)c1C(=O)OCC(=O)N1c2ccccc2NC(=O)CC1C. The van der Waals surface area contributed by atoms with E-state index in [0.717, 1.165) is 11.5 Å². The van der Waals surface area contributed by atoms with Gasteiger partial charge in [0.1, 0.15) is 10.6 Å². The Morgan fingerprint density at radius 3 is 2.89 bits per heavy atom. The first-order chi connectivity index (χ1) is 12.9. The van der Waals surface area contributed by atoms with Crippen molar-refractivity contribution in [2.45, 2.75) is 26.3 Å². The molecule has 0 fully saturated rings. The molecule has 27 heavy (non-hydrogen) atoms. The molecule has 1 atom stereocenters. The van der Waals surface area contributed by atoms with Gasteiger partial charge in [0.2, 0.25) is 5.91 Å². The Labute approximate surface area is 160 Å². The maximum atomic E-state index is 12.8. The summed E-state index contributed by atoms with van der Waals surface area (Å²) in [5.41, 5.74) is 2.02. The number of aryl methyl sites for hydroxylation is 1. The molecule has 1 unspecified atom stereocenters. The van der Waals surface area contributed by atoms with E-state index in [1.54, 1.807) is 45.2 Å². The number of esters is 1. The van der Waals surface area contributed by atoms with Gasteiger partial charge in [-0.3, -0.25) is 9.59 Å². The Bertz CT molecular complexity index is 895. The van der Waals surface area contributed by atoms with Gasteiger partial charge in [0, 0.05) is 19.5 Å². The third-order valence-corrected chi connectivity index (χ3v) is 5.20. The monoisotopic (exact) mass is 388 g/mol. The number of hydrogen-bond donors (Lipinski definition) is 2. The Hall–Kier alpha value is -2.94. The number of nitrogens with zero attached hydrogens (tertiary/aromatic N) is 2. The van der Waals surface area contributed by atoms with Crippen molar-refractivity contribution in [1.82, 2.24) is 4.37 Å². The van der Waals surface area contributed by atoms with E-state index >= 15 is 0 Å². The number of ether oxygens (including phenoxy) is 1. The van der Waals surface area contributed by atoms with Crippen LogP contribution in [0, 0.1) is 6.92 Å². The predicted octanol–water partition coefficient (Wildman–Crippen LogP) is 2.41. The molecule has 9 heteroatoms. The van der Waals surface area contributed by atoms with E-state index in [1.165, 1.54) is 4.90 Å². The predicted molar refractivity (Wildman–Crippen MR) is 103 cm³/mol. The number of aromatic nitrogens is 1. The molecular formula is C18H20N4O4S. The molecule has 8 nitrogen and oxygen atoms in total. The maximum absolute atomic E-state index is 12.8. The molecular weight excluding hydrogens is 368 g/mol. The fraction of sp³-hybridized carbons (Fsp3) is 0.333. The zero-order chi connectivity index (χ0) is 19.6. The molecule has 1 aliphatic heterocycles. The number of carbonyl (C=O) groups excluding carboxylic acids is 3. The van der Waals surface area contributed by atoms with Crippen molar-refractivity contribution in [1.29, 1.82) is 0 Å². The summed E-state index contributed by atoms with van der Waals surface area (Å²) in [4.78, 5) is 38.7. The Balaban J connectivity index is 1.78. The first kappa shape index (κ1) is 18.8. The lowest BCUT2D eigenvalue weighted by Gasteiger charge is -2.27. The highest BCUT2D eigenvalue weighted by atomic mass is 32.1. The Morgan fingerprint density at radius 2 is 2.15 bits per heavy atom. The maximum Gasteiger partial charge on any atom is 0.343 e. The van der Waals surface area contributed by atoms with E-state index in [-0.39, 0.29) is 18.4 Å². The van der Waals surface area contributed by atoms with Gasteiger partial charge in [-0.2, -0.15) is 4.37 Å². The molecule has 0 bridgehead atoms. The van der Waals surface area contributed by atoms with Crippen LogP contribution < -0.4 is 15.5 Å². The fourth-order valence-electron chi connectivity index (χ4n) is 3.02. The standard InChI is InChI=1S/C18H20N4O4S/c1-10-8-14(23)20-12-6-4-5-7-13(12)22(10)15(24)9-26-18(25)16-11(2)21-27-17(16)19-3/h4-7,10,19H,8-9H2,1-3H3,(H,20,23). The first-order valence-electron chi connectivity index (χ1n) is 8.44. The molecule has 2 N–H and O–H groups in total. The second kappa shape index (κ2) is 7.75. The lowest BCUT2D eigenvalue weighted by Crippen LogP contribution is -2.41. The molecule has 1 aromatic carbocycles. The number of nitrogens with one attached hydrogen (secondary N) is 2. The van der Waals surface area contributed by atoms with E-state index < -0.39 is 18.5 Å². The summed E-state index contributed by atoms with van der Waals surface area (Å²) in [6.07, 6.45) is 0.159. The smallest absolute Gasteiger partial charge is 0.343 e. The van der Waals surface area contributed by atoms with Gasteiger partial charge >= 0.3 is 5.97 Å². The van der Waals surface area contributed by atoms with Crippen molar-refractivity contribution >= 4 is 45.7 Å². The highest BCUT2D eigenvalue weighted by Crippen LogP contribution is 2.31. The zero-order valence-corrected chi connectivity index (χ0v) is 16.1. The van der Waals surface area contributed by atoms with Crippen LogP contribution in [0.4, 0.5) is 16.4 Å². The molecule has 0 spiro atoms. The number of rotatable bonds is 4. The van der Waals surface area contributed by atoms with E-state index in [2.05, 4.69) is 15.0 Å². The summed E-state index contributed by atoms with van der Waals surface area (Å²) < 4.78 is 9.37. The zero-order valence-electron chi connectivity index (χ0n) is 15.2. The van der Waals surface area contributed by atoms with Gasteiger partial charge < -0.3 is 20.3 Å². The van der Waals surface area contributed by atoms with Crippen LogP contribution in [-0.4, -0.2) is 41.9 Å². The molecule has 2 heterocycles. The summed E-state index contributed by atoms with van der Waals surface area (Å²) in [7, 11) is 1.69. The summed E-state index contributed by atoms with van der Waals surface area (Å²) in [6, 6.07) is 6.69. The first-order valence-corrected chi connectivity index (χ1v) is 9.21. The van der Waals surface area contributed by atoms with Gasteiger partial charge in [-0.15, -0.1) is 0 Å². The second-order valence-electron chi connectivity index (χ2n) is 6.18. The lowest BCUT2D eigenvalue weighted by molar-refractivity contribution is -0.122. The Kier molecular flexibility index (Phi) is 5.41. The minimum Gasteiger partial charge on any atom is -0.452 e. The van der Waals surface area contributed by atoms with Crippen LogP contribution in [0.5, 0.6) is 0 Å². The molecule has 0 radical (unpaired) electrons. The van der Waals surface area contributed by atoms with Gasteiger partial charge in [0.25, 0.3) is 5.91 Å². The number of carbonyl (C=O) groups is 3. The normalized spacial score (nSPS) is 16.2. The van der Waals surface area contributed by atoms with E-state index in [9.17, 15) is 14.4 Å². The van der Waals surface area contributed by atoms with Crippen molar-refractivity contribution in [2.75, 3.05) is 29.2 Å². The average Bonchev–Trinajstić information content (AvgIpc) is 2.95. The van der Waals surface area contributed by atoms with Crippen molar-refractivity contribution < 1.29 is 19.1 Å². The minimum absolute atomic E-state index is 0.159. The van der Waals surface area contributed by atoms with Crippen LogP contribution in [0.3, 0.4) is 0 Å². The van der Waals surface area contributed by atoms with Crippen molar-refractivity contribution in [3.05, 3.63) is 35.5 Å². The summed E-state index contributed by atoms with van der Waals surface area (Å²) in [5.74, 6) is -1.17. The molecule has 0 saturated carbocycles. The third kappa shape index (κ3) is 3.77. The number of anilines is 3. The van der Waals surface area contributed by atoms with Gasteiger partial charge in [-0.25, -0.2) is 4.79 Å². The highest BCUT2D eigenvalue weighted by molar-refractivity contribution is 7.10. The topological polar surface area (TPSA) is 101 Å². The number of fused-ring (bicyclic) bond motifs is 1. The van der Waals surface area contributed by atoms with Crippen LogP contribution in [0.15, 0.2) is 24.3 Å². The van der Waals surface area contributed by atoms with Crippen LogP contribution in [0.1, 0.15) is 29.4 Å². The van der Waals surface area contributed by atoms with Crippen LogP contribution in [0.2, 0.25) is 0 Å². The summed E-state index contributed by atoms with van der Waals surface area (Å²) in [5, 5.41) is 6.28. The molecule has 0 aliphatic carbocycles. The molecule has 2 aromatic rings. The molecule has 1 aliphatic rings. The largest absolute Gasteiger partial charge is 0.452 e. The van der Waals surface area contributed by atoms with Crippen LogP contribution >= 0.6 is 11.5 Å². The molecule has 142 valence electrons. The van der Waals surface area contributed by atoms with E-state index in [4.69, 9.17) is 4.74 Å². The quantitative estimate of drug-likeness (QED) is 0.780. The van der Waals surface area contributed by atoms with Gasteiger partial charge in [0.05, 0.1) is 17.1 Å². The number of para-hydroxylation sites is 2. The number of amides is 2. The van der Waals surface area contributed by atoms with Crippen molar-refractivity contribution in [3.8, 4) is 0 Å².